The molecular formula is C21H28N6O3. The second kappa shape index (κ2) is 9.53. The minimum absolute atomic E-state index is 0.0130. The van der Waals surface area contributed by atoms with Gasteiger partial charge in [-0.1, -0.05) is 19.9 Å². The first kappa shape index (κ1) is 21.5. The minimum atomic E-state index is -0.188. The third-order valence-electron chi connectivity index (χ3n) is 5.04. The fourth-order valence-electron chi connectivity index (χ4n) is 3.14. The van der Waals surface area contributed by atoms with E-state index >= 15 is 0 Å². The highest BCUT2D eigenvalue weighted by Gasteiger charge is 2.33. The van der Waals surface area contributed by atoms with Crippen molar-refractivity contribution in [2.24, 2.45) is 0 Å². The number of methoxy groups -OCH3 is 1. The summed E-state index contributed by atoms with van der Waals surface area (Å²) in [6, 6.07) is 3.96. The molecule has 3 heterocycles. The van der Waals surface area contributed by atoms with Gasteiger partial charge in [-0.25, -0.2) is 9.97 Å². The number of nitrogens with zero attached hydrogens (tertiary/aromatic N) is 4. The lowest BCUT2D eigenvalue weighted by Crippen LogP contribution is -2.60. The molecule has 0 unspecified atom stereocenters. The zero-order chi connectivity index (χ0) is 21.7. The highest BCUT2D eigenvalue weighted by atomic mass is 16.5. The molecule has 0 saturated carbocycles. The van der Waals surface area contributed by atoms with E-state index in [0.717, 1.165) is 5.56 Å². The Morgan fingerprint density at radius 1 is 1.40 bits per heavy atom. The molecule has 1 aliphatic rings. The number of hydrogen-bond acceptors (Lipinski definition) is 7. The maximum absolute atomic E-state index is 12.4. The topological polar surface area (TPSA) is 103 Å². The summed E-state index contributed by atoms with van der Waals surface area (Å²) in [6.07, 6.45) is 6.47. The van der Waals surface area contributed by atoms with Crippen molar-refractivity contribution in [1.82, 2.24) is 25.2 Å². The van der Waals surface area contributed by atoms with Gasteiger partial charge in [-0.05, 0) is 6.07 Å². The molecule has 2 aromatic rings. The number of carbonyl (C=O) groups is 1. The number of carbonyl (C=O) groups excluding carboxylic acids is 1. The highest BCUT2D eigenvalue weighted by Crippen LogP contribution is 2.24. The molecule has 0 bridgehead atoms. The number of rotatable bonds is 8. The third-order valence-corrected chi connectivity index (χ3v) is 5.04. The maximum Gasteiger partial charge on any atom is 0.271 e. The highest BCUT2D eigenvalue weighted by molar-refractivity contribution is 5.88. The lowest BCUT2D eigenvalue weighted by molar-refractivity contribution is -0.130. The molecule has 2 N–H and O–H groups in total. The van der Waals surface area contributed by atoms with Gasteiger partial charge < -0.3 is 24.8 Å². The van der Waals surface area contributed by atoms with Crippen molar-refractivity contribution in [3.05, 3.63) is 47.2 Å². The second-order valence-corrected chi connectivity index (χ2v) is 7.52. The Hall–Kier alpha value is -3.20. The fourth-order valence-corrected chi connectivity index (χ4v) is 3.14. The van der Waals surface area contributed by atoms with Crippen LogP contribution in [0.5, 0.6) is 5.88 Å². The van der Waals surface area contributed by atoms with Gasteiger partial charge in [0.25, 0.3) is 5.56 Å². The van der Waals surface area contributed by atoms with Gasteiger partial charge in [0, 0.05) is 56.6 Å². The van der Waals surface area contributed by atoms with E-state index < -0.39 is 0 Å². The van der Waals surface area contributed by atoms with Gasteiger partial charge in [0.1, 0.15) is 12.0 Å². The third kappa shape index (κ3) is 5.04. The van der Waals surface area contributed by atoms with E-state index in [9.17, 15) is 9.59 Å². The van der Waals surface area contributed by atoms with Crippen molar-refractivity contribution in [3.63, 3.8) is 0 Å². The number of ether oxygens (including phenoxy) is 1. The number of likely N-dealkylation sites (tertiary alicyclic amines) is 1. The Morgan fingerprint density at radius 3 is 2.87 bits per heavy atom. The van der Waals surface area contributed by atoms with Gasteiger partial charge in [-0.15, -0.1) is 0 Å². The number of nitrogens with one attached hydrogen (secondary N) is 2. The van der Waals surface area contributed by atoms with Crippen LogP contribution in [0.4, 0.5) is 5.69 Å². The Bertz CT molecular complexity index is 965. The molecule has 3 rings (SSSR count). The summed E-state index contributed by atoms with van der Waals surface area (Å²) in [5.41, 5.74) is 1.74. The van der Waals surface area contributed by atoms with E-state index in [-0.39, 0.29) is 17.5 Å². The smallest absolute Gasteiger partial charge is 0.271 e. The minimum Gasteiger partial charge on any atom is -0.481 e. The van der Waals surface area contributed by atoms with E-state index in [4.69, 9.17) is 4.74 Å². The predicted octanol–water partition coefficient (Wildman–Crippen LogP) is 1.04. The Labute approximate surface area is 175 Å². The molecule has 0 spiro atoms. The van der Waals surface area contributed by atoms with Crippen LogP contribution in [0.3, 0.4) is 0 Å². The molecule has 9 heteroatoms. The van der Waals surface area contributed by atoms with Crippen LogP contribution >= 0.6 is 0 Å². The number of anilines is 1. The van der Waals surface area contributed by atoms with Crippen LogP contribution in [0.25, 0.3) is 11.3 Å². The molecule has 0 aliphatic carbocycles. The zero-order valence-corrected chi connectivity index (χ0v) is 17.8. The quantitative estimate of drug-likeness (QED) is 0.625. The zero-order valence-electron chi connectivity index (χ0n) is 17.8. The molecule has 0 radical (unpaired) electrons. The van der Waals surface area contributed by atoms with E-state index in [2.05, 4.69) is 34.1 Å². The van der Waals surface area contributed by atoms with Crippen molar-refractivity contribution in [2.75, 3.05) is 38.7 Å². The summed E-state index contributed by atoms with van der Waals surface area (Å²) in [5.74, 6) is 0.437. The second-order valence-electron chi connectivity index (χ2n) is 7.52. The molecule has 1 fully saturated rings. The summed E-state index contributed by atoms with van der Waals surface area (Å²) in [4.78, 5) is 39.3. The SMILES string of the molecule is COc1cc(-c2c[nH]c(=O)c(N(C)C3CN(C(=O)/C=C/CNC(C)C)C3)c2)ncn1. The normalized spacial score (nSPS) is 14.2. The van der Waals surface area contributed by atoms with E-state index in [1.165, 1.54) is 13.4 Å². The number of H-pyrrole nitrogens is 1. The first-order valence-electron chi connectivity index (χ1n) is 9.90. The van der Waals surface area contributed by atoms with Gasteiger partial charge in [0.05, 0.1) is 18.8 Å². The molecule has 1 saturated heterocycles. The molecule has 0 aromatic carbocycles. The maximum atomic E-state index is 12.4. The van der Waals surface area contributed by atoms with E-state index in [1.54, 1.807) is 29.3 Å². The first-order chi connectivity index (χ1) is 14.4. The van der Waals surface area contributed by atoms with Gasteiger partial charge in [0.2, 0.25) is 11.8 Å². The fraction of sp³-hybridized carbons (Fsp3) is 0.429. The summed E-state index contributed by atoms with van der Waals surface area (Å²) in [7, 11) is 3.40. The average molecular weight is 412 g/mol. The molecule has 1 amide bonds. The van der Waals surface area contributed by atoms with Crippen molar-refractivity contribution < 1.29 is 9.53 Å². The Balaban J connectivity index is 1.64. The van der Waals surface area contributed by atoms with Crippen molar-refractivity contribution in [3.8, 4) is 17.1 Å². The van der Waals surface area contributed by atoms with Gasteiger partial charge in [-0.2, -0.15) is 0 Å². The van der Waals surface area contributed by atoms with E-state index in [1.807, 2.05) is 18.0 Å². The lowest BCUT2D eigenvalue weighted by Gasteiger charge is -2.44. The number of likely N-dealkylation sites (N-methyl/N-ethyl adjacent to an activating group) is 1. The van der Waals surface area contributed by atoms with Gasteiger partial charge in [0.15, 0.2) is 0 Å². The first-order valence-corrected chi connectivity index (χ1v) is 9.90. The molecule has 9 nitrogen and oxygen atoms in total. The van der Waals surface area contributed by atoms with E-state index in [0.29, 0.717) is 42.9 Å². The van der Waals surface area contributed by atoms with Gasteiger partial charge >= 0.3 is 0 Å². The largest absolute Gasteiger partial charge is 0.481 e. The lowest BCUT2D eigenvalue weighted by atomic mass is 10.1. The molecule has 0 atom stereocenters. The van der Waals surface area contributed by atoms with Crippen LogP contribution in [0, 0.1) is 0 Å². The molecule has 160 valence electrons. The number of amides is 1. The molecule has 1 aliphatic heterocycles. The predicted molar refractivity (Wildman–Crippen MR) is 116 cm³/mol. The number of hydrogen-bond donors (Lipinski definition) is 2. The number of aromatic amines is 1. The van der Waals surface area contributed by atoms with Crippen LogP contribution in [0.2, 0.25) is 0 Å². The van der Waals surface area contributed by atoms with Crippen LogP contribution in [0.1, 0.15) is 13.8 Å². The summed E-state index contributed by atoms with van der Waals surface area (Å²) in [6.45, 7) is 5.92. The van der Waals surface area contributed by atoms with Crippen molar-refractivity contribution in [1.29, 1.82) is 0 Å². The van der Waals surface area contributed by atoms with Gasteiger partial charge in [-0.3, -0.25) is 9.59 Å². The summed E-state index contributed by atoms with van der Waals surface area (Å²) in [5, 5.41) is 3.24. The van der Waals surface area contributed by atoms with Crippen molar-refractivity contribution >= 4 is 11.6 Å². The molecule has 2 aromatic heterocycles. The van der Waals surface area contributed by atoms with Crippen LogP contribution in [-0.2, 0) is 4.79 Å². The molecular weight excluding hydrogens is 384 g/mol. The van der Waals surface area contributed by atoms with Crippen LogP contribution < -0.4 is 20.5 Å². The average Bonchev–Trinajstić information content (AvgIpc) is 2.70. The summed E-state index contributed by atoms with van der Waals surface area (Å²) >= 11 is 0. The summed E-state index contributed by atoms with van der Waals surface area (Å²) < 4.78 is 5.14. The Morgan fingerprint density at radius 2 is 2.17 bits per heavy atom. The van der Waals surface area contributed by atoms with Crippen LogP contribution in [0.15, 0.2) is 41.6 Å². The molecule has 30 heavy (non-hydrogen) atoms. The number of pyridine rings is 1. The number of aromatic nitrogens is 3. The Kier molecular flexibility index (Phi) is 6.83. The standard InChI is InChI=1S/C21H28N6O3/c1-14(2)22-7-5-6-20(28)27-11-16(12-27)26(3)18-8-15(10-23-21(18)29)17-9-19(30-4)25-13-24-17/h5-6,8-10,13-14,16,22H,7,11-12H2,1-4H3,(H,23,29)/b6-5+. The monoisotopic (exact) mass is 412 g/mol. The van der Waals surface area contributed by atoms with Crippen LogP contribution in [-0.4, -0.2) is 71.6 Å². The van der Waals surface area contributed by atoms with Crippen molar-refractivity contribution in [2.45, 2.75) is 25.9 Å².